The van der Waals surface area contributed by atoms with Crippen molar-refractivity contribution in [3.63, 3.8) is 0 Å². The molecule has 3 unspecified atom stereocenters. The summed E-state index contributed by atoms with van der Waals surface area (Å²) in [4.78, 5) is 23.3. The van der Waals surface area contributed by atoms with Gasteiger partial charge >= 0.3 is 7.82 Å². The van der Waals surface area contributed by atoms with Gasteiger partial charge in [-0.3, -0.25) is 13.8 Å². The van der Waals surface area contributed by atoms with Crippen LogP contribution in [0.4, 0.5) is 0 Å². The van der Waals surface area contributed by atoms with Gasteiger partial charge in [0.25, 0.3) is 0 Å². The van der Waals surface area contributed by atoms with Crippen molar-refractivity contribution in [3.05, 3.63) is 97.2 Å². The molecule has 0 saturated heterocycles. The van der Waals surface area contributed by atoms with Crippen LogP contribution in [0.2, 0.25) is 0 Å². The van der Waals surface area contributed by atoms with Crippen LogP contribution in [-0.4, -0.2) is 73.4 Å². The SMILES string of the molecule is CC/C=C\C/C=C\C/C=C\C/C=C\C/C=C\C/C=C\CCCCCCCCCCCCCCC(=O)NC(COP(=O)(O)OCC[N+](C)(C)C)C(O)/C=C/CC/C=C/CCCCCCCCCCCC. The van der Waals surface area contributed by atoms with E-state index in [0.717, 1.165) is 77.0 Å². The molecule has 0 heterocycles. The van der Waals surface area contributed by atoms with Gasteiger partial charge in [-0.05, 0) is 83.5 Å². The van der Waals surface area contributed by atoms with Crippen molar-refractivity contribution < 1.29 is 32.9 Å². The van der Waals surface area contributed by atoms with Gasteiger partial charge in [0, 0.05) is 6.42 Å². The Balaban J connectivity index is 4.21. The fourth-order valence-electron chi connectivity index (χ4n) is 7.65. The number of hydrogen-bond donors (Lipinski definition) is 3. The molecule has 3 atom stereocenters. The summed E-state index contributed by atoms with van der Waals surface area (Å²) in [6.07, 6.45) is 72.2. The summed E-state index contributed by atoms with van der Waals surface area (Å²) in [6, 6.07) is -0.870. The molecule has 0 rings (SSSR count). The van der Waals surface area contributed by atoms with E-state index in [1.54, 1.807) is 6.08 Å². The first-order chi connectivity index (χ1) is 33.5. The Hall–Kier alpha value is -2.58. The molecule has 0 aromatic carbocycles. The second-order valence-corrected chi connectivity index (χ2v) is 21.4. The van der Waals surface area contributed by atoms with Gasteiger partial charge in [0.2, 0.25) is 5.91 Å². The van der Waals surface area contributed by atoms with E-state index in [4.69, 9.17) is 9.05 Å². The lowest BCUT2D eigenvalue weighted by Crippen LogP contribution is -2.45. The maximum atomic E-state index is 13.0. The maximum absolute atomic E-state index is 13.0. The first-order valence-corrected chi connectivity index (χ1v) is 29.6. The second-order valence-electron chi connectivity index (χ2n) is 19.9. The van der Waals surface area contributed by atoms with Crippen molar-refractivity contribution in [1.82, 2.24) is 5.32 Å². The van der Waals surface area contributed by atoms with E-state index in [0.29, 0.717) is 17.4 Å². The molecule has 398 valence electrons. The Morgan fingerprint density at radius 2 is 0.884 bits per heavy atom. The predicted octanol–water partition coefficient (Wildman–Crippen LogP) is 17.0. The number of nitrogens with zero attached hydrogens (tertiary/aromatic N) is 1. The number of nitrogens with one attached hydrogen (secondary N) is 1. The van der Waals surface area contributed by atoms with Crippen LogP contribution in [0.5, 0.6) is 0 Å². The summed E-state index contributed by atoms with van der Waals surface area (Å²) < 4.78 is 23.7. The standard InChI is InChI=1S/C60H107N2O6P/c1-6-8-10-12-14-16-18-20-22-24-25-26-27-28-29-30-31-32-33-34-35-36-37-38-40-42-44-46-48-50-52-54-60(64)61-58(57-68-69(65,66)67-56-55-62(3,4)5)59(63)53-51-49-47-45-43-41-39-23-21-19-17-15-13-11-9-7-2/h8,10,14,16,20,22,25-26,28-29,31-32,43,45,51,53,58-59,63H,6-7,9,11-13,15,17-19,21,23-24,27,30,33-42,44,46-50,52,54-57H2,1-5H3,(H-,61,64,65,66)/p+1/b10-8-,16-14-,22-20-,26-25-,29-28-,32-31-,45-43+,53-51+. The van der Waals surface area contributed by atoms with Crippen LogP contribution < -0.4 is 5.32 Å². The molecule has 0 aliphatic heterocycles. The lowest BCUT2D eigenvalue weighted by Gasteiger charge is -2.25. The number of carbonyl (C=O) groups is 1. The maximum Gasteiger partial charge on any atom is 0.472 e. The summed E-state index contributed by atoms with van der Waals surface area (Å²) in [5, 5.41) is 13.9. The second kappa shape index (κ2) is 50.4. The van der Waals surface area contributed by atoms with Crippen LogP contribution >= 0.6 is 7.82 Å². The minimum atomic E-state index is -4.36. The van der Waals surface area contributed by atoms with E-state index in [2.05, 4.69) is 104 Å². The normalized spacial score (nSPS) is 14.7. The number of rotatable bonds is 50. The smallest absolute Gasteiger partial charge is 0.387 e. The Bertz CT molecular complexity index is 1440. The Kier molecular flexibility index (Phi) is 48.5. The third-order valence-electron chi connectivity index (χ3n) is 12.0. The largest absolute Gasteiger partial charge is 0.472 e. The highest BCUT2D eigenvalue weighted by Crippen LogP contribution is 2.43. The van der Waals surface area contributed by atoms with Crippen molar-refractivity contribution in [2.75, 3.05) is 40.9 Å². The highest BCUT2D eigenvalue weighted by atomic mass is 31.2. The number of aliphatic hydroxyl groups excluding tert-OH is 1. The number of phosphoric ester groups is 1. The topological polar surface area (TPSA) is 105 Å². The number of likely N-dealkylation sites (N-methyl/N-ethyl adjacent to an activating group) is 1. The van der Waals surface area contributed by atoms with E-state index in [9.17, 15) is 19.4 Å². The molecule has 69 heavy (non-hydrogen) atoms. The van der Waals surface area contributed by atoms with Gasteiger partial charge in [0.15, 0.2) is 0 Å². The van der Waals surface area contributed by atoms with E-state index in [-0.39, 0.29) is 19.1 Å². The fraction of sp³-hybridized carbons (Fsp3) is 0.717. The fourth-order valence-corrected chi connectivity index (χ4v) is 8.38. The van der Waals surface area contributed by atoms with E-state index < -0.39 is 20.0 Å². The lowest BCUT2D eigenvalue weighted by molar-refractivity contribution is -0.870. The van der Waals surface area contributed by atoms with Crippen LogP contribution in [0.15, 0.2) is 97.2 Å². The highest BCUT2D eigenvalue weighted by molar-refractivity contribution is 7.47. The van der Waals surface area contributed by atoms with Crippen molar-refractivity contribution in [1.29, 1.82) is 0 Å². The van der Waals surface area contributed by atoms with Gasteiger partial charge in [-0.1, -0.05) is 233 Å². The van der Waals surface area contributed by atoms with Crippen molar-refractivity contribution in [2.24, 2.45) is 0 Å². The Labute approximate surface area is 426 Å². The van der Waals surface area contributed by atoms with Crippen LogP contribution in [0.3, 0.4) is 0 Å². The lowest BCUT2D eigenvalue weighted by atomic mass is 10.0. The van der Waals surface area contributed by atoms with E-state index in [1.165, 1.54) is 128 Å². The first kappa shape index (κ1) is 66.4. The number of carbonyl (C=O) groups excluding carboxylic acids is 1. The van der Waals surface area contributed by atoms with Crippen LogP contribution in [0.1, 0.15) is 226 Å². The van der Waals surface area contributed by atoms with Crippen LogP contribution in [0, 0.1) is 0 Å². The van der Waals surface area contributed by atoms with E-state index >= 15 is 0 Å². The highest BCUT2D eigenvalue weighted by Gasteiger charge is 2.27. The van der Waals surface area contributed by atoms with Gasteiger partial charge in [0.1, 0.15) is 13.2 Å². The minimum Gasteiger partial charge on any atom is -0.387 e. The molecule has 1 amide bonds. The first-order valence-electron chi connectivity index (χ1n) is 28.1. The number of phosphoric acid groups is 1. The molecule has 0 aromatic heterocycles. The molecule has 0 aliphatic rings. The number of unbranched alkanes of at least 4 members (excludes halogenated alkanes) is 23. The third-order valence-corrected chi connectivity index (χ3v) is 13.0. The quantitative estimate of drug-likeness (QED) is 0.0243. The average molecular weight is 985 g/mol. The summed E-state index contributed by atoms with van der Waals surface area (Å²) in [6.45, 7) is 4.67. The number of allylic oxidation sites excluding steroid dienone is 15. The number of amides is 1. The van der Waals surface area contributed by atoms with Gasteiger partial charge in [0.05, 0.1) is 39.9 Å². The van der Waals surface area contributed by atoms with Gasteiger partial charge in [-0.2, -0.15) is 0 Å². The molecule has 9 heteroatoms. The molecular formula is C60H108N2O6P+. The molecule has 0 bridgehead atoms. The van der Waals surface area contributed by atoms with E-state index in [1.807, 2.05) is 27.2 Å². The van der Waals surface area contributed by atoms with Gasteiger partial charge < -0.3 is 19.8 Å². The molecule has 0 aromatic rings. The summed E-state index contributed by atoms with van der Waals surface area (Å²) in [7, 11) is 1.54. The molecule has 3 N–H and O–H groups in total. The van der Waals surface area contributed by atoms with Crippen molar-refractivity contribution in [3.8, 4) is 0 Å². The van der Waals surface area contributed by atoms with Gasteiger partial charge in [-0.15, -0.1) is 0 Å². The molecule has 8 nitrogen and oxygen atoms in total. The summed E-state index contributed by atoms with van der Waals surface area (Å²) >= 11 is 0. The molecule has 0 fully saturated rings. The monoisotopic (exact) mass is 984 g/mol. The Morgan fingerprint density at radius 3 is 1.33 bits per heavy atom. The zero-order chi connectivity index (χ0) is 50.6. The molecule has 0 radical (unpaired) electrons. The number of hydrogen-bond acceptors (Lipinski definition) is 5. The van der Waals surface area contributed by atoms with Crippen LogP contribution in [0.25, 0.3) is 0 Å². The zero-order valence-electron chi connectivity index (χ0n) is 45.3. The zero-order valence-corrected chi connectivity index (χ0v) is 46.2. The van der Waals surface area contributed by atoms with Crippen molar-refractivity contribution in [2.45, 2.75) is 238 Å². The third kappa shape index (κ3) is 53.1. The van der Waals surface area contributed by atoms with Crippen LogP contribution in [-0.2, 0) is 18.4 Å². The van der Waals surface area contributed by atoms with Gasteiger partial charge in [-0.25, -0.2) is 4.57 Å². The molecular weight excluding hydrogens is 876 g/mol. The average Bonchev–Trinajstić information content (AvgIpc) is 3.31. The molecule has 0 spiro atoms. The molecule has 0 aliphatic carbocycles. The minimum absolute atomic E-state index is 0.0519. The summed E-state index contributed by atoms with van der Waals surface area (Å²) in [5.41, 5.74) is 0. The Morgan fingerprint density at radius 1 is 0.507 bits per heavy atom. The van der Waals surface area contributed by atoms with Crippen molar-refractivity contribution >= 4 is 13.7 Å². The molecule has 0 saturated carbocycles. The summed E-state index contributed by atoms with van der Waals surface area (Å²) in [5.74, 6) is -0.193. The number of aliphatic hydroxyl groups is 1. The number of quaternary nitrogens is 1. The predicted molar refractivity (Wildman–Crippen MR) is 299 cm³/mol.